The van der Waals surface area contributed by atoms with Crippen molar-refractivity contribution in [1.82, 2.24) is 0 Å². The quantitative estimate of drug-likeness (QED) is 0.205. The average molecular weight is 421 g/mol. The maximum Gasteiger partial charge on any atom is 0.280 e. The van der Waals surface area contributed by atoms with Gasteiger partial charge in [-0.15, -0.1) is 0 Å². The number of nitro benzene ring substituents is 1. The molecule has 30 heavy (non-hydrogen) atoms. The first kappa shape index (κ1) is 20.9. The fourth-order valence-electron chi connectivity index (χ4n) is 2.81. The van der Waals surface area contributed by atoms with Crippen molar-refractivity contribution in [3.63, 3.8) is 0 Å². The lowest BCUT2D eigenvalue weighted by Crippen LogP contribution is -2.00. The number of nitro groups is 1. The molecule has 0 radical (unpaired) electrons. The first-order valence-electron chi connectivity index (χ1n) is 8.92. The minimum absolute atomic E-state index is 0.194. The lowest BCUT2D eigenvalue weighted by Gasteiger charge is -2.12. The predicted molar refractivity (Wildman–Crippen MR) is 115 cm³/mol. The number of methoxy groups -OCH3 is 1. The van der Waals surface area contributed by atoms with Gasteiger partial charge in [-0.25, -0.2) is 0 Å². The molecule has 0 spiro atoms. The Hall–Kier alpha value is -3.82. The monoisotopic (exact) mass is 420 g/mol. The molecular weight excluding hydrogens is 404 g/mol. The van der Waals surface area contributed by atoms with E-state index in [1.807, 2.05) is 30.3 Å². The van der Waals surface area contributed by atoms with E-state index in [1.54, 1.807) is 24.3 Å². The Labute approximate surface area is 178 Å². The van der Waals surface area contributed by atoms with Crippen molar-refractivity contribution < 1.29 is 14.4 Å². The Balaban J connectivity index is 2.01. The van der Waals surface area contributed by atoms with Gasteiger partial charge in [-0.1, -0.05) is 54.1 Å². The molecule has 150 valence electrons. The predicted octanol–water partition coefficient (Wildman–Crippen LogP) is 5.90. The summed E-state index contributed by atoms with van der Waals surface area (Å²) in [5, 5.41) is 21.8. The van der Waals surface area contributed by atoms with Crippen LogP contribution in [0.3, 0.4) is 0 Å². The van der Waals surface area contributed by atoms with Crippen LogP contribution < -0.4 is 9.47 Å². The second-order valence-electron chi connectivity index (χ2n) is 6.27. The molecule has 0 N–H and O–H groups in total. The third-order valence-corrected chi connectivity index (χ3v) is 4.57. The van der Waals surface area contributed by atoms with Crippen LogP contribution >= 0.6 is 11.6 Å². The Bertz CT molecular complexity index is 1120. The SMILES string of the molecule is COc1cc(/C=C(/C#N)c2ccc(Cl)cc2)c([N+](=O)[O-])cc1OCc1ccccc1. The molecule has 0 heterocycles. The lowest BCUT2D eigenvalue weighted by atomic mass is 10.0. The molecule has 0 aliphatic heterocycles. The molecule has 3 rings (SSSR count). The number of benzene rings is 3. The van der Waals surface area contributed by atoms with Gasteiger partial charge in [-0.2, -0.15) is 5.26 Å². The van der Waals surface area contributed by atoms with Gasteiger partial charge in [0.05, 0.1) is 35.3 Å². The van der Waals surface area contributed by atoms with Gasteiger partial charge in [0.1, 0.15) is 6.61 Å². The lowest BCUT2D eigenvalue weighted by molar-refractivity contribution is -0.385. The molecule has 3 aromatic rings. The molecule has 3 aromatic carbocycles. The zero-order valence-corrected chi connectivity index (χ0v) is 16.8. The molecule has 0 saturated heterocycles. The van der Waals surface area contributed by atoms with Crippen LogP contribution in [0.5, 0.6) is 11.5 Å². The van der Waals surface area contributed by atoms with Gasteiger partial charge in [0, 0.05) is 5.02 Å². The van der Waals surface area contributed by atoms with E-state index in [-0.39, 0.29) is 29.2 Å². The van der Waals surface area contributed by atoms with Gasteiger partial charge in [0.2, 0.25) is 0 Å². The number of hydrogen-bond acceptors (Lipinski definition) is 5. The van der Waals surface area contributed by atoms with Gasteiger partial charge in [0.15, 0.2) is 11.5 Å². The van der Waals surface area contributed by atoms with Crippen LogP contribution in [-0.4, -0.2) is 12.0 Å². The van der Waals surface area contributed by atoms with Crippen molar-refractivity contribution in [2.75, 3.05) is 7.11 Å². The summed E-state index contributed by atoms with van der Waals surface area (Å²) in [4.78, 5) is 11.2. The van der Waals surface area contributed by atoms with E-state index in [0.717, 1.165) is 5.56 Å². The number of rotatable bonds is 7. The first-order valence-corrected chi connectivity index (χ1v) is 9.30. The number of halogens is 1. The minimum Gasteiger partial charge on any atom is -0.493 e. The molecule has 0 atom stereocenters. The highest BCUT2D eigenvalue weighted by Gasteiger charge is 2.19. The highest BCUT2D eigenvalue weighted by atomic mass is 35.5. The fraction of sp³-hybridized carbons (Fsp3) is 0.0870. The van der Waals surface area contributed by atoms with Crippen LogP contribution in [-0.2, 0) is 6.61 Å². The highest BCUT2D eigenvalue weighted by molar-refractivity contribution is 6.30. The smallest absolute Gasteiger partial charge is 0.280 e. The van der Waals surface area contributed by atoms with Crippen molar-refractivity contribution in [1.29, 1.82) is 5.26 Å². The summed E-state index contributed by atoms with van der Waals surface area (Å²) in [6, 6.07) is 21.0. The molecule has 0 aliphatic carbocycles. The summed E-state index contributed by atoms with van der Waals surface area (Å²) in [6.45, 7) is 0.234. The Kier molecular flexibility index (Phi) is 6.68. The summed E-state index contributed by atoms with van der Waals surface area (Å²) < 4.78 is 11.1. The molecule has 0 amide bonds. The van der Waals surface area contributed by atoms with Crippen LogP contribution in [0.25, 0.3) is 11.6 Å². The second kappa shape index (κ2) is 9.59. The van der Waals surface area contributed by atoms with Crippen LogP contribution in [0.2, 0.25) is 5.02 Å². The van der Waals surface area contributed by atoms with Crippen molar-refractivity contribution in [3.05, 3.63) is 98.6 Å². The first-order chi connectivity index (χ1) is 14.5. The third kappa shape index (κ3) is 4.96. The van der Waals surface area contributed by atoms with E-state index in [2.05, 4.69) is 6.07 Å². The van der Waals surface area contributed by atoms with E-state index < -0.39 is 4.92 Å². The highest BCUT2D eigenvalue weighted by Crippen LogP contribution is 2.37. The number of nitriles is 1. The summed E-state index contributed by atoms with van der Waals surface area (Å²) in [5.41, 5.74) is 1.81. The Morgan fingerprint density at radius 2 is 1.83 bits per heavy atom. The Morgan fingerprint density at radius 1 is 1.13 bits per heavy atom. The number of nitrogens with zero attached hydrogens (tertiary/aromatic N) is 2. The fourth-order valence-corrected chi connectivity index (χ4v) is 2.94. The maximum absolute atomic E-state index is 11.7. The zero-order chi connectivity index (χ0) is 21.5. The van der Waals surface area contributed by atoms with Gasteiger partial charge in [-0.05, 0) is 35.4 Å². The van der Waals surface area contributed by atoms with Gasteiger partial charge < -0.3 is 9.47 Å². The van der Waals surface area contributed by atoms with E-state index in [4.69, 9.17) is 21.1 Å². The van der Waals surface area contributed by atoms with Crippen LogP contribution in [0.4, 0.5) is 5.69 Å². The minimum atomic E-state index is -0.516. The van der Waals surface area contributed by atoms with E-state index in [0.29, 0.717) is 16.3 Å². The van der Waals surface area contributed by atoms with Crippen molar-refractivity contribution in [2.45, 2.75) is 6.61 Å². The second-order valence-corrected chi connectivity index (χ2v) is 6.71. The van der Waals surface area contributed by atoms with Crippen LogP contribution in [0, 0.1) is 21.4 Å². The normalized spacial score (nSPS) is 10.9. The van der Waals surface area contributed by atoms with Crippen molar-refractivity contribution >= 4 is 28.9 Å². The van der Waals surface area contributed by atoms with Gasteiger partial charge in [-0.3, -0.25) is 10.1 Å². The number of hydrogen-bond donors (Lipinski definition) is 0. The van der Waals surface area contributed by atoms with Crippen LogP contribution in [0.1, 0.15) is 16.7 Å². The topological polar surface area (TPSA) is 85.4 Å². The number of allylic oxidation sites excluding steroid dienone is 1. The molecule has 7 heteroatoms. The molecule has 0 aliphatic rings. The molecular formula is C23H17ClN2O4. The average Bonchev–Trinajstić information content (AvgIpc) is 2.77. The van der Waals surface area contributed by atoms with Crippen molar-refractivity contribution in [3.8, 4) is 17.6 Å². The maximum atomic E-state index is 11.7. The summed E-state index contributed by atoms with van der Waals surface area (Å²) in [6.07, 6.45) is 1.45. The standard InChI is InChI=1S/C23H17ClN2O4/c1-29-22-12-18(11-19(14-25)17-7-9-20(24)10-8-17)21(26(27)28)13-23(22)30-15-16-5-3-2-4-6-16/h2-13H,15H2,1H3/b19-11-. The molecule has 0 aromatic heterocycles. The largest absolute Gasteiger partial charge is 0.493 e. The molecule has 0 bridgehead atoms. The van der Waals surface area contributed by atoms with Crippen LogP contribution in [0.15, 0.2) is 66.7 Å². The van der Waals surface area contributed by atoms with E-state index >= 15 is 0 Å². The third-order valence-electron chi connectivity index (χ3n) is 4.32. The number of ether oxygens (including phenoxy) is 2. The van der Waals surface area contributed by atoms with Gasteiger partial charge in [0.25, 0.3) is 5.69 Å². The molecule has 0 unspecified atom stereocenters. The van der Waals surface area contributed by atoms with Crippen molar-refractivity contribution in [2.24, 2.45) is 0 Å². The molecule has 0 saturated carbocycles. The Morgan fingerprint density at radius 3 is 2.43 bits per heavy atom. The van der Waals surface area contributed by atoms with Gasteiger partial charge >= 0.3 is 0 Å². The zero-order valence-electron chi connectivity index (χ0n) is 16.0. The summed E-state index contributed by atoms with van der Waals surface area (Å²) in [5.74, 6) is 0.575. The van der Waals surface area contributed by atoms with E-state index in [1.165, 1.54) is 25.3 Å². The summed E-state index contributed by atoms with van der Waals surface area (Å²) in [7, 11) is 1.45. The summed E-state index contributed by atoms with van der Waals surface area (Å²) >= 11 is 5.90. The molecule has 0 fully saturated rings. The van der Waals surface area contributed by atoms with E-state index in [9.17, 15) is 15.4 Å². The molecule has 6 nitrogen and oxygen atoms in total.